The minimum absolute atomic E-state index is 0.257. The molecule has 3 rings (SSSR count). The fourth-order valence-electron chi connectivity index (χ4n) is 3.34. The molecular weight excluding hydrogens is 411 g/mol. The Balaban J connectivity index is 1.60. The highest BCUT2D eigenvalue weighted by atomic mass is 19.4. The number of hydrogen-bond acceptors (Lipinski definition) is 4. The van der Waals surface area contributed by atoms with Gasteiger partial charge in [0.1, 0.15) is 5.75 Å². The summed E-state index contributed by atoms with van der Waals surface area (Å²) >= 11 is 0. The topological polar surface area (TPSA) is 84.7 Å². The Bertz CT molecular complexity index is 1010. The van der Waals surface area contributed by atoms with Crippen LogP contribution in [0.3, 0.4) is 0 Å². The molecule has 9 heteroatoms. The van der Waals surface area contributed by atoms with E-state index in [0.717, 1.165) is 17.7 Å². The zero-order valence-electron chi connectivity index (χ0n) is 16.8. The normalized spacial score (nSPS) is 14.2. The molecule has 1 fully saturated rings. The fraction of sp³-hybridized carbons (Fsp3) is 0.273. The van der Waals surface area contributed by atoms with Crippen molar-refractivity contribution in [2.24, 2.45) is 5.73 Å². The lowest BCUT2D eigenvalue weighted by atomic mass is 10.0. The first kappa shape index (κ1) is 22.2. The number of rotatable bonds is 4. The summed E-state index contributed by atoms with van der Waals surface area (Å²) in [6, 6.07) is 10.1. The van der Waals surface area contributed by atoms with Gasteiger partial charge in [0.15, 0.2) is 0 Å². The van der Waals surface area contributed by atoms with E-state index < -0.39 is 17.8 Å². The van der Waals surface area contributed by atoms with Gasteiger partial charge in [0.25, 0.3) is 0 Å². The molecule has 2 aromatic rings. The van der Waals surface area contributed by atoms with Crippen LogP contribution in [-0.4, -0.2) is 25.1 Å². The van der Waals surface area contributed by atoms with Crippen LogP contribution in [0.15, 0.2) is 54.1 Å². The second-order valence-electron chi connectivity index (χ2n) is 7.23. The lowest BCUT2D eigenvalue weighted by Gasteiger charge is -2.30. The Morgan fingerprint density at radius 1 is 1.13 bits per heavy atom. The summed E-state index contributed by atoms with van der Waals surface area (Å²) in [6.07, 6.45) is -2.70. The van der Waals surface area contributed by atoms with Crippen molar-refractivity contribution in [2.45, 2.75) is 25.9 Å². The van der Waals surface area contributed by atoms with E-state index in [2.05, 4.69) is 5.32 Å². The van der Waals surface area contributed by atoms with Crippen molar-refractivity contribution in [3.05, 3.63) is 65.2 Å². The number of hydrogen-bond donors (Lipinski definition) is 2. The van der Waals surface area contributed by atoms with Crippen LogP contribution in [0.1, 0.15) is 24.0 Å². The van der Waals surface area contributed by atoms with E-state index in [1.54, 1.807) is 25.1 Å². The predicted octanol–water partition coefficient (Wildman–Crippen LogP) is 4.64. The zero-order chi connectivity index (χ0) is 22.6. The van der Waals surface area contributed by atoms with Crippen LogP contribution >= 0.6 is 0 Å². The quantitative estimate of drug-likeness (QED) is 0.689. The first-order valence-corrected chi connectivity index (χ1v) is 9.62. The number of piperidine rings is 1. The number of nitrogens with zero attached hydrogens (tertiary/aromatic N) is 1. The lowest BCUT2D eigenvalue weighted by Crippen LogP contribution is -2.31. The molecule has 2 aromatic carbocycles. The average molecular weight is 433 g/mol. The van der Waals surface area contributed by atoms with Crippen molar-refractivity contribution in [2.75, 3.05) is 23.3 Å². The zero-order valence-corrected chi connectivity index (χ0v) is 16.8. The van der Waals surface area contributed by atoms with Crippen molar-refractivity contribution in [3.8, 4) is 5.75 Å². The van der Waals surface area contributed by atoms with Gasteiger partial charge in [-0.15, -0.1) is 0 Å². The molecule has 2 amide bonds. The number of aryl methyl sites for hydroxylation is 1. The van der Waals surface area contributed by atoms with Gasteiger partial charge in [-0.05, 0) is 49.6 Å². The third kappa shape index (κ3) is 6.00. The van der Waals surface area contributed by atoms with Crippen molar-refractivity contribution in [1.29, 1.82) is 0 Å². The Hall–Kier alpha value is -3.49. The monoisotopic (exact) mass is 433 g/mol. The maximum absolute atomic E-state index is 12.9. The van der Waals surface area contributed by atoms with Gasteiger partial charge in [0.2, 0.25) is 5.91 Å². The second-order valence-corrected chi connectivity index (χ2v) is 7.23. The summed E-state index contributed by atoms with van der Waals surface area (Å²) in [5, 5.41) is 2.71. The van der Waals surface area contributed by atoms with Crippen LogP contribution in [-0.2, 0) is 11.0 Å². The number of nitrogens with one attached hydrogen (secondary N) is 1. The van der Waals surface area contributed by atoms with E-state index >= 15 is 0 Å². The summed E-state index contributed by atoms with van der Waals surface area (Å²) in [5.74, 6) is -0.0799. The molecule has 1 saturated heterocycles. The number of benzene rings is 2. The summed E-state index contributed by atoms with van der Waals surface area (Å²) in [4.78, 5) is 25.2. The average Bonchev–Trinajstić information content (AvgIpc) is 2.70. The standard InChI is InChI=1S/C22H22F3N3O3/c1-14-5-6-17(13-19(14)31-21(26)30)27-20(29)11-15-7-9-28(10-8-15)18-4-2-3-16(12-18)22(23,24)25/h2-6,11-13H,7-10H2,1H3,(H2,26,30)(H,27,29). The van der Waals surface area contributed by atoms with Crippen molar-refractivity contribution >= 4 is 23.4 Å². The van der Waals surface area contributed by atoms with Crippen molar-refractivity contribution < 1.29 is 27.5 Å². The van der Waals surface area contributed by atoms with Gasteiger partial charge in [-0.25, -0.2) is 4.79 Å². The summed E-state index contributed by atoms with van der Waals surface area (Å²) < 4.78 is 43.7. The number of amides is 2. The smallest absolute Gasteiger partial charge is 0.410 e. The minimum atomic E-state index is -4.38. The molecule has 6 nitrogen and oxygen atoms in total. The van der Waals surface area contributed by atoms with Gasteiger partial charge in [0, 0.05) is 36.6 Å². The van der Waals surface area contributed by atoms with E-state index in [4.69, 9.17) is 10.5 Å². The number of alkyl halides is 3. The maximum atomic E-state index is 12.9. The number of halogens is 3. The third-order valence-corrected chi connectivity index (χ3v) is 4.95. The van der Waals surface area contributed by atoms with Crippen LogP contribution in [0.5, 0.6) is 5.75 Å². The van der Waals surface area contributed by atoms with Gasteiger partial charge >= 0.3 is 12.3 Å². The Kier molecular flexibility index (Phi) is 6.53. The van der Waals surface area contributed by atoms with Crippen molar-refractivity contribution in [1.82, 2.24) is 0 Å². The van der Waals surface area contributed by atoms with Gasteiger partial charge in [0.05, 0.1) is 5.56 Å². The van der Waals surface area contributed by atoms with Crippen LogP contribution in [0.25, 0.3) is 0 Å². The molecule has 31 heavy (non-hydrogen) atoms. The predicted molar refractivity (Wildman–Crippen MR) is 111 cm³/mol. The molecule has 0 unspecified atom stereocenters. The molecule has 0 atom stereocenters. The van der Waals surface area contributed by atoms with Gasteiger partial charge < -0.3 is 20.7 Å². The van der Waals surface area contributed by atoms with E-state index in [9.17, 15) is 22.8 Å². The molecular formula is C22H22F3N3O3. The number of ether oxygens (including phenoxy) is 1. The van der Waals surface area contributed by atoms with Crippen LogP contribution in [0.2, 0.25) is 0 Å². The number of nitrogens with two attached hydrogens (primary N) is 1. The highest BCUT2D eigenvalue weighted by Gasteiger charge is 2.31. The number of carbonyl (C=O) groups is 2. The highest BCUT2D eigenvalue weighted by Crippen LogP contribution is 2.32. The molecule has 0 spiro atoms. The molecule has 0 radical (unpaired) electrons. The number of anilines is 2. The molecule has 0 saturated carbocycles. The van der Waals surface area contributed by atoms with Crippen LogP contribution in [0.4, 0.5) is 29.3 Å². The fourth-order valence-corrected chi connectivity index (χ4v) is 3.34. The Morgan fingerprint density at radius 2 is 1.84 bits per heavy atom. The first-order chi connectivity index (χ1) is 14.6. The largest absolute Gasteiger partial charge is 0.416 e. The first-order valence-electron chi connectivity index (χ1n) is 9.62. The molecule has 0 aromatic heterocycles. The van der Waals surface area contributed by atoms with E-state index in [1.807, 2.05) is 4.90 Å². The van der Waals surface area contributed by atoms with E-state index in [-0.39, 0.29) is 11.7 Å². The summed E-state index contributed by atoms with van der Waals surface area (Å²) in [5.41, 5.74) is 6.92. The van der Waals surface area contributed by atoms with Crippen LogP contribution < -0.4 is 20.7 Å². The summed E-state index contributed by atoms with van der Waals surface area (Å²) in [6.45, 7) is 2.77. The Morgan fingerprint density at radius 3 is 2.48 bits per heavy atom. The van der Waals surface area contributed by atoms with Gasteiger partial charge in [-0.1, -0.05) is 17.7 Å². The molecule has 0 aliphatic carbocycles. The molecule has 164 valence electrons. The maximum Gasteiger partial charge on any atom is 0.416 e. The van der Waals surface area contributed by atoms with E-state index in [0.29, 0.717) is 42.9 Å². The minimum Gasteiger partial charge on any atom is -0.410 e. The SMILES string of the molecule is Cc1ccc(NC(=O)C=C2CCN(c3cccc(C(F)(F)F)c3)CC2)cc1OC(N)=O. The Labute approximate surface area is 177 Å². The van der Waals surface area contributed by atoms with Crippen LogP contribution in [0, 0.1) is 6.92 Å². The second kappa shape index (κ2) is 9.11. The lowest BCUT2D eigenvalue weighted by molar-refractivity contribution is -0.137. The molecule has 0 bridgehead atoms. The highest BCUT2D eigenvalue weighted by molar-refractivity contribution is 6.00. The molecule has 1 heterocycles. The van der Waals surface area contributed by atoms with Crippen molar-refractivity contribution in [3.63, 3.8) is 0 Å². The van der Waals surface area contributed by atoms with E-state index in [1.165, 1.54) is 18.2 Å². The third-order valence-electron chi connectivity index (χ3n) is 4.95. The van der Waals surface area contributed by atoms with Gasteiger partial charge in [-0.3, -0.25) is 4.79 Å². The molecule has 1 aliphatic heterocycles. The number of carbonyl (C=O) groups excluding carboxylic acids is 2. The molecule has 3 N–H and O–H groups in total. The number of primary amides is 1. The summed E-state index contributed by atoms with van der Waals surface area (Å²) in [7, 11) is 0. The molecule has 1 aliphatic rings. The van der Waals surface area contributed by atoms with Gasteiger partial charge in [-0.2, -0.15) is 13.2 Å².